The molecule has 30 heavy (non-hydrogen) atoms. The summed E-state index contributed by atoms with van der Waals surface area (Å²) in [7, 11) is 0. The van der Waals surface area contributed by atoms with Crippen molar-refractivity contribution in [3.8, 4) is 0 Å². The fourth-order valence-electron chi connectivity index (χ4n) is 3.49. The van der Waals surface area contributed by atoms with Crippen molar-refractivity contribution in [3.05, 3.63) is 71.8 Å². The molecule has 0 aromatic heterocycles. The van der Waals surface area contributed by atoms with Gasteiger partial charge in [0, 0.05) is 6.54 Å². The first-order valence-electron chi connectivity index (χ1n) is 9.94. The van der Waals surface area contributed by atoms with Crippen LogP contribution in [-0.4, -0.2) is 52.6 Å². The molecule has 1 heterocycles. The predicted molar refractivity (Wildman–Crippen MR) is 113 cm³/mol. The summed E-state index contributed by atoms with van der Waals surface area (Å²) in [4.78, 5) is 33.1. The van der Waals surface area contributed by atoms with Crippen LogP contribution >= 0.6 is 0 Å². The summed E-state index contributed by atoms with van der Waals surface area (Å²) in [5.74, 6) is -2.86. The average Bonchev–Trinajstić information content (AvgIpc) is 2.74. The van der Waals surface area contributed by atoms with Crippen molar-refractivity contribution in [3.63, 3.8) is 0 Å². The van der Waals surface area contributed by atoms with E-state index in [1.54, 1.807) is 0 Å². The van der Waals surface area contributed by atoms with E-state index in [0.717, 1.165) is 24.2 Å². The number of piperidine rings is 1. The molecule has 1 aliphatic rings. The van der Waals surface area contributed by atoms with Crippen molar-refractivity contribution in [2.45, 2.75) is 25.8 Å². The van der Waals surface area contributed by atoms with Gasteiger partial charge < -0.3 is 15.5 Å². The number of rotatable bonds is 5. The highest BCUT2D eigenvalue weighted by atomic mass is 16.4. The third-order valence-corrected chi connectivity index (χ3v) is 4.86. The lowest BCUT2D eigenvalue weighted by molar-refractivity contribution is -0.159. The molecule has 1 saturated heterocycles. The smallest absolute Gasteiger partial charge is 0.414 e. The molecule has 0 saturated carbocycles. The molecule has 0 spiro atoms. The Balaban J connectivity index is 0.000000469. The van der Waals surface area contributed by atoms with Gasteiger partial charge in [0.2, 0.25) is 5.91 Å². The monoisotopic (exact) mass is 412 g/mol. The standard InChI is InChI=1S/C21H26N2O.C2H2O4/c1-17-9-8-14-23(15-17)16-20(24)22-21(18-10-4-2-5-11-18)19-12-6-3-7-13-19;3-1(4)2(5)6/h2-7,10-13,17,21H,8-9,14-16H2,1H3,(H,22,24);(H,3,4)(H,5,6). The molecule has 1 fully saturated rings. The van der Waals surface area contributed by atoms with Gasteiger partial charge in [-0.15, -0.1) is 0 Å². The molecule has 0 bridgehead atoms. The van der Waals surface area contributed by atoms with Crippen molar-refractivity contribution in [2.24, 2.45) is 5.92 Å². The van der Waals surface area contributed by atoms with Crippen LogP contribution in [0.1, 0.15) is 36.9 Å². The van der Waals surface area contributed by atoms with Gasteiger partial charge in [0.05, 0.1) is 12.6 Å². The second-order valence-electron chi connectivity index (χ2n) is 7.41. The zero-order valence-corrected chi connectivity index (χ0v) is 17.0. The molecule has 2 aromatic carbocycles. The number of nitrogens with zero attached hydrogens (tertiary/aromatic N) is 1. The number of nitrogens with one attached hydrogen (secondary N) is 1. The number of amides is 1. The summed E-state index contributed by atoms with van der Waals surface area (Å²) in [5, 5.41) is 18.0. The van der Waals surface area contributed by atoms with Crippen LogP contribution in [0.15, 0.2) is 60.7 Å². The van der Waals surface area contributed by atoms with E-state index in [1.165, 1.54) is 12.8 Å². The highest BCUT2D eigenvalue weighted by molar-refractivity contribution is 6.27. The Bertz CT molecular complexity index is 775. The minimum Gasteiger partial charge on any atom is -0.473 e. The Morgan fingerprint density at radius 2 is 1.47 bits per heavy atom. The van der Waals surface area contributed by atoms with Crippen molar-refractivity contribution < 1.29 is 24.6 Å². The zero-order chi connectivity index (χ0) is 21.9. The zero-order valence-electron chi connectivity index (χ0n) is 17.0. The van der Waals surface area contributed by atoms with E-state index in [-0.39, 0.29) is 11.9 Å². The van der Waals surface area contributed by atoms with Crippen LogP contribution in [0, 0.1) is 5.92 Å². The SMILES string of the molecule is CC1CCCN(CC(=O)NC(c2ccccc2)c2ccccc2)C1.O=C(O)C(=O)O. The van der Waals surface area contributed by atoms with Crippen LogP contribution in [0.25, 0.3) is 0 Å². The molecule has 0 aliphatic carbocycles. The van der Waals surface area contributed by atoms with Gasteiger partial charge in [0.1, 0.15) is 0 Å². The van der Waals surface area contributed by atoms with Crippen LogP contribution in [0.4, 0.5) is 0 Å². The van der Waals surface area contributed by atoms with Gasteiger partial charge in [-0.1, -0.05) is 67.6 Å². The van der Waals surface area contributed by atoms with Crippen molar-refractivity contribution in [1.82, 2.24) is 10.2 Å². The Morgan fingerprint density at radius 1 is 0.967 bits per heavy atom. The van der Waals surface area contributed by atoms with E-state index >= 15 is 0 Å². The molecular weight excluding hydrogens is 384 g/mol. The van der Waals surface area contributed by atoms with Crippen molar-refractivity contribution >= 4 is 17.8 Å². The number of carbonyl (C=O) groups is 3. The second kappa shape index (κ2) is 11.7. The lowest BCUT2D eigenvalue weighted by atomic mass is 9.98. The van der Waals surface area contributed by atoms with Crippen LogP contribution in [0.5, 0.6) is 0 Å². The van der Waals surface area contributed by atoms with Crippen LogP contribution in [0.3, 0.4) is 0 Å². The van der Waals surface area contributed by atoms with Gasteiger partial charge in [-0.2, -0.15) is 0 Å². The Hall–Kier alpha value is -3.19. The average molecular weight is 412 g/mol. The van der Waals surface area contributed by atoms with Gasteiger partial charge in [-0.05, 0) is 36.4 Å². The van der Waals surface area contributed by atoms with E-state index in [0.29, 0.717) is 12.5 Å². The van der Waals surface area contributed by atoms with E-state index in [1.807, 2.05) is 36.4 Å². The van der Waals surface area contributed by atoms with E-state index in [4.69, 9.17) is 19.8 Å². The maximum Gasteiger partial charge on any atom is 0.414 e. The minimum absolute atomic E-state index is 0.0953. The molecule has 3 N–H and O–H groups in total. The maximum absolute atomic E-state index is 12.6. The summed E-state index contributed by atoms with van der Waals surface area (Å²) in [6.45, 7) is 4.80. The van der Waals surface area contributed by atoms with Gasteiger partial charge in [-0.25, -0.2) is 9.59 Å². The second-order valence-corrected chi connectivity index (χ2v) is 7.41. The van der Waals surface area contributed by atoms with E-state index < -0.39 is 11.9 Å². The quantitative estimate of drug-likeness (QED) is 0.652. The van der Waals surface area contributed by atoms with Gasteiger partial charge in [0.25, 0.3) is 0 Å². The Kier molecular flexibility index (Phi) is 9.03. The minimum atomic E-state index is -1.82. The molecule has 7 heteroatoms. The lowest BCUT2D eigenvalue weighted by Crippen LogP contribution is -2.43. The van der Waals surface area contributed by atoms with Gasteiger partial charge in [0.15, 0.2) is 0 Å². The van der Waals surface area contributed by atoms with Crippen LogP contribution in [0.2, 0.25) is 0 Å². The molecule has 2 aromatic rings. The first kappa shape index (κ1) is 23.1. The lowest BCUT2D eigenvalue weighted by Gasteiger charge is -2.31. The number of benzene rings is 2. The largest absolute Gasteiger partial charge is 0.473 e. The molecule has 0 radical (unpaired) electrons. The fraction of sp³-hybridized carbons (Fsp3) is 0.348. The summed E-state index contributed by atoms with van der Waals surface area (Å²) >= 11 is 0. The predicted octanol–water partition coefficient (Wildman–Crippen LogP) is 2.78. The summed E-state index contributed by atoms with van der Waals surface area (Å²) < 4.78 is 0. The first-order valence-corrected chi connectivity index (χ1v) is 9.94. The molecule has 1 atom stereocenters. The Labute approximate surface area is 176 Å². The Morgan fingerprint density at radius 3 is 1.90 bits per heavy atom. The molecule has 160 valence electrons. The number of likely N-dealkylation sites (tertiary alicyclic amines) is 1. The van der Waals surface area contributed by atoms with E-state index in [9.17, 15) is 4.79 Å². The number of aliphatic carboxylic acids is 2. The number of carboxylic acid groups (broad SMARTS) is 2. The van der Waals surface area contributed by atoms with Crippen LogP contribution in [-0.2, 0) is 14.4 Å². The molecule has 1 aliphatic heterocycles. The molecular formula is C23H28N2O5. The molecule has 3 rings (SSSR count). The first-order chi connectivity index (χ1) is 14.4. The van der Waals surface area contributed by atoms with Crippen molar-refractivity contribution in [2.75, 3.05) is 19.6 Å². The van der Waals surface area contributed by atoms with Gasteiger partial charge >= 0.3 is 11.9 Å². The topological polar surface area (TPSA) is 107 Å². The van der Waals surface area contributed by atoms with Crippen LogP contribution < -0.4 is 5.32 Å². The van der Waals surface area contributed by atoms with Crippen molar-refractivity contribution in [1.29, 1.82) is 0 Å². The number of hydrogen-bond acceptors (Lipinski definition) is 4. The normalized spacial score (nSPS) is 16.3. The summed E-state index contributed by atoms with van der Waals surface area (Å²) in [6.07, 6.45) is 2.46. The third-order valence-electron chi connectivity index (χ3n) is 4.86. The summed E-state index contributed by atoms with van der Waals surface area (Å²) in [5.41, 5.74) is 2.23. The van der Waals surface area contributed by atoms with Gasteiger partial charge in [-0.3, -0.25) is 9.69 Å². The highest BCUT2D eigenvalue weighted by Gasteiger charge is 2.21. The number of carboxylic acids is 2. The number of hydrogen-bond donors (Lipinski definition) is 3. The molecule has 1 unspecified atom stereocenters. The van der Waals surface area contributed by atoms with E-state index in [2.05, 4.69) is 41.4 Å². The molecule has 1 amide bonds. The fourth-order valence-corrected chi connectivity index (χ4v) is 3.49. The third kappa shape index (κ3) is 7.67. The summed E-state index contributed by atoms with van der Waals surface area (Å²) in [6, 6.07) is 20.3. The maximum atomic E-state index is 12.6. The molecule has 7 nitrogen and oxygen atoms in total. The number of carbonyl (C=O) groups excluding carboxylic acids is 1. The highest BCUT2D eigenvalue weighted by Crippen LogP contribution is 2.22.